The highest BCUT2D eigenvalue weighted by Gasteiger charge is 2.39. The molecule has 1 aliphatic heterocycles. The number of likely N-dealkylation sites (tertiary alicyclic amines) is 1. The first-order valence-corrected chi connectivity index (χ1v) is 13.6. The van der Waals surface area contributed by atoms with E-state index in [0.29, 0.717) is 11.8 Å². The Kier molecular flexibility index (Phi) is 17.7. The molecular formula is C28H61N3O. The zero-order valence-corrected chi connectivity index (χ0v) is 24.5. The van der Waals surface area contributed by atoms with Gasteiger partial charge in [-0.1, -0.05) is 83.1 Å². The van der Waals surface area contributed by atoms with E-state index in [2.05, 4.69) is 77.1 Å². The molecule has 1 fully saturated rings. The van der Waals surface area contributed by atoms with Crippen molar-refractivity contribution in [2.75, 3.05) is 52.9 Å². The van der Waals surface area contributed by atoms with E-state index in [1.807, 2.05) is 27.7 Å². The van der Waals surface area contributed by atoms with Gasteiger partial charge in [0.1, 0.15) is 0 Å². The predicted octanol–water partition coefficient (Wildman–Crippen LogP) is 6.65. The first-order valence-electron chi connectivity index (χ1n) is 13.6. The predicted molar refractivity (Wildman–Crippen MR) is 144 cm³/mol. The van der Waals surface area contributed by atoms with Crippen LogP contribution in [0.4, 0.5) is 0 Å². The van der Waals surface area contributed by atoms with Gasteiger partial charge in [-0.3, -0.25) is 4.79 Å². The lowest BCUT2D eigenvalue weighted by Gasteiger charge is -2.42. The fraction of sp³-hybridized carbons (Fsp3) is 0.964. The molecule has 32 heavy (non-hydrogen) atoms. The zero-order valence-electron chi connectivity index (χ0n) is 24.5. The summed E-state index contributed by atoms with van der Waals surface area (Å²) in [5.41, 5.74) is -0.0911. The van der Waals surface area contributed by atoms with Gasteiger partial charge in [-0.05, 0) is 56.7 Å². The Morgan fingerprint density at radius 3 is 1.81 bits per heavy atom. The minimum absolute atomic E-state index is 0.186. The van der Waals surface area contributed by atoms with E-state index in [1.54, 1.807) is 0 Å². The highest BCUT2D eigenvalue weighted by Crippen LogP contribution is 2.40. The van der Waals surface area contributed by atoms with Crippen molar-refractivity contribution in [2.45, 2.75) is 102 Å². The van der Waals surface area contributed by atoms with Crippen LogP contribution < -0.4 is 0 Å². The van der Waals surface area contributed by atoms with Crippen molar-refractivity contribution in [3.05, 3.63) is 0 Å². The Morgan fingerprint density at radius 1 is 0.938 bits per heavy atom. The second kappa shape index (κ2) is 16.9. The van der Waals surface area contributed by atoms with Crippen molar-refractivity contribution in [3.8, 4) is 0 Å². The van der Waals surface area contributed by atoms with Crippen LogP contribution in [-0.4, -0.2) is 73.5 Å². The summed E-state index contributed by atoms with van der Waals surface area (Å²) in [5, 5.41) is 0. The lowest BCUT2D eigenvalue weighted by Crippen LogP contribution is -2.48. The summed E-state index contributed by atoms with van der Waals surface area (Å²) in [7, 11) is 2.25. The van der Waals surface area contributed by atoms with Gasteiger partial charge in [-0.25, -0.2) is 0 Å². The number of nitrogens with zero attached hydrogens (tertiary/aromatic N) is 3. The molecule has 0 aromatic carbocycles. The van der Waals surface area contributed by atoms with E-state index in [9.17, 15) is 4.79 Å². The number of amides is 1. The monoisotopic (exact) mass is 455 g/mol. The molecule has 0 saturated carbocycles. The smallest absolute Gasteiger partial charge is 0.228 e. The van der Waals surface area contributed by atoms with Crippen LogP contribution >= 0.6 is 0 Å². The molecule has 0 atom stereocenters. The molecule has 4 nitrogen and oxygen atoms in total. The van der Waals surface area contributed by atoms with Crippen molar-refractivity contribution in [2.24, 2.45) is 22.7 Å². The van der Waals surface area contributed by atoms with Crippen LogP contribution in [0.5, 0.6) is 0 Å². The average molecular weight is 456 g/mol. The number of rotatable bonds is 11. The summed E-state index contributed by atoms with van der Waals surface area (Å²) >= 11 is 0. The summed E-state index contributed by atoms with van der Waals surface area (Å²) < 4.78 is 0. The van der Waals surface area contributed by atoms with Gasteiger partial charge in [-0.2, -0.15) is 0 Å². The van der Waals surface area contributed by atoms with Gasteiger partial charge in [0, 0.05) is 38.1 Å². The molecule has 0 aromatic rings. The minimum Gasteiger partial charge on any atom is -0.342 e. The second-order valence-electron chi connectivity index (χ2n) is 10.7. The highest BCUT2D eigenvalue weighted by molar-refractivity contribution is 5.82. The first-order chi connectivity index (χ1) is 14.9. The Morgan fingerprint density at radius 2 is 1.41 bits per heavy atom. The Balaban J connectivity index is 0. The Hall–Kier alpha value is -0.610. The molecule has 0 spiro atoms. The molecule has 4 heteroatoms. The van der Waals surface area contributed by atoms with Crippen LogP contribution in [0.3, 0.4) is 0 Å². The Labute approximate surface area is 203 Å². The number of hydrogen-bond acceptors (Lipinski definition) is 3. The SMILES string of the molecule is CC.CC.CCN(CC)CCN(C)CC1CCN(C(=O)C(C)(C)CC(C)(C)C(C)C)CC1. The lowest BCUT2D eigenvalue weighted by molar-refractivity contribution is -0.144. The van der Waals surface area contributed by atoms with Gasteiger partial charge in [-0.15, -0.1) is 0 Å². The van der Waals surface area contributed by atoms with Gasteiger partial charge in [0.15, 0.2) is 0 Å². The van der Waals surface area contributed by atoms with Crippen LogP contribution in [0.15, 0.2) is 0 Å². The quantitative estimate of drug-likeness (QED) is 0.349. The third-order valence-corrected chi connectivity index (χ3v) is 7.20. The largest absolute Gasteiger partial charge is 0.342 e. The third-order valence-electron chi connectivity index (χ3n) is 7.20. The van der Waals surface area contributed by atoms with Gasteiger partial charge >= 0.3 is 0 Å². The van der Waals surface area contributed by atoms with E-state index in [-0.39, 0.29) is 10.8 Å². The summed E-state index contributed by atoms with van der Waals surface area (Å²) in [6.07, 6.45) is 3.24. The van der Waals surface area contributed by atoms with Gasteiger partial charge < -0.3 is 14.7 Å². The highest BCUT2D eigenvalue weighted by atomic mass is 16.2. The van der Waals surface area contributed by atoms with E-state index in [4.69, 9.17) is 0 Å². The summed E-state index contributed by atoms with van der Waals surface area (Å²) in [6.45, 7) is 33.5. The molecule has 194 valence electrons. The van der Waals surface area contributed by atoms with Crippen LogP contribution in [0, 0.1) is 22.7 Å². The third kappa shape index (κ3) is 12.0. The number of carbonyl (C=O) groups excluding carboxylic acids is 1. The molecule has 1 aliphatic rings. The number of piperidine rings is 1. The van der Waals surface area contributed by atoms with Gasteiger partial charge in [0.05, 0.1) is 0 Å². The normalized spacial score (nSPS) is 15.4. The van der Waals surface area contributed by atoms with Crippen molar-refractivity contribution in [1.82, 2.24) is 14.7 Å². The summed E-state index contributed by atoms with van der Waals surface area (Å²) in [5.74, 6) is 1.66. The van der Waals surface area contributed by atoms with E-state index >= 15 is 0 Å². The van der Waals surface area contributed by atoms with Crippen LogP contribution in [0.2, 0.25) is 0 Å². The molecule has 0 aliphatic carbocycles. The van der Waals surface area contributed by atoms with Crippen LogP contribution in [-0.2, 0) is 4.79 Å². The topological polar surface area (TPSA) is 26.8 Å². The average Bonchev–Trinajstić information content (AvgIpc) is 2.76. The lowest BCUT2D eigenvalue weighted by atomic mass is 9.69. The molecule has 0 aromatic heterocycles. The van der Waals surface area contributed by atoms with Crippen molar-refractivity contribution in [1.29, 1.82) is 0 Å². The van der Waals surface area contributed by atoms with Crippen molar-refractivity contribution in [3.63, 3.8) is 0 Å². The van der Waals surface area contributed by atoms with E-state index < -0.39 is 0 Å². The fourth-order valence-electron chi connectivity index (χ4n) is 4.55. The standard InChI is InChI=1S/C24H49N3O.2C2H6/c1-10-26(11-2)17-16-25(9)18-21-12-14-27(15-13-21)22(28)24(7,8)19-23(5,6)20(3)4;2*1-2/h20-21H,10-19H2,1-9H3;2*1-2H3. The fourth-order valence-corrected chi connectivity index (χ4v) is 4.55. The molecule has 0 bridgehead atoms. The second-order valence-corrected chi connectivity index (χ2v) is 10.7. The number of likely N-dealkylation sites (N-methyl/N-ethyl adjacent to an activating group) is 2. The van der Waals surface area contributed by atoms with E-state index in [0.717, 1.165) is 71.0 Å². The maximum Gasteiger partial charge on any atom is 0.228 e. The Bertz CT molecular complexity index is 461. The summed E-state index contributed by atoms with van der Waals surface area (Å²) in [6, 6.07) is 0. The minimum atomic E-state index is -0.277. The van der Waals surface area contributed by atoms with Crippen LogP contribution in [0.25, 0.3) is 0 Å². The molecule has 0 radical (unpaired) electrons. The molecule has 1 rings (SSSR count). The number of hydrogen-bond donors (Lipinski definition) is 0. The zero-order chi connectivity index (χ0) is 25.5. The van der Waals surface area contributed by atoms with Crippen LogP contribution in [0.1, 0.15) is 102 Å². The maximum atomic E-state index is 13.2. The molecule has 1 saturated heterocycles. The number of carbonyl (C=O) groups is 1. The molecular weight excluding hydrogens is 394 g/mol. The van der Waals surface area contributed by atoms with Crippen molar-refractivity contribution < 1.29 is 4.79 Å². The molecule has 0 unspecified atom stereocenters. The maximum absolute atomic E-state index is 13.2. The first kappa shape index (κ1) is 33.6. The molecule has 1 amide bonds. The summed E-state index contributed by atoms with van der Waals surface area (Å²) in [4.78, 5) is 20.3. The molecule has 0 N–H and O–H groups in total. The van der Waals surface area contributed by atoms with E-state index in [1.165, 1.54) is 0 Å². The van der Waals surface area contributed by atoms with Gasteiger partial charge in [0.25, 0.3) is 0 Å². The van der Waals surface area contributed by atoms with Crippen molar-refractivity contribution >= 4 is 5.91 Å². The molecule has 1 heterocycles. The van der Waals surface area contributed by atoms with Gasteiger partial charge in [0.2, 0.25) is 5.91 Å².